The van der Waals surface area contributed by atoms with Gasteiger partial charge in [-0.25, -0.2) is 4.39 Å². The van der Waals surface area contributed by atoms with Crippen LogP contribution in [0.2, 0.25) is 0 Å². The fourth-order valence-electron chi connectivity index (χ4n) is 2.84. The number of amides is 1. The molecule has 0 radical (unpaired) electrons. The molecule has 1 amide bonds. The van der Waals surface area contributed by atoms with Crippen LogP contribution < -0.4 is 5.32 Å². The molecule has 2 aromatic carbocycles. The van der Waals surface area contributed by atoms with Gasteiger partial charge in [-0.2, -0.15) is 0 Å². The minimum Gasteiger partial charge on any atom is -0.325 e. The Kier molecular flexibility index (Phi) is 7.93. The van der Waals surface area contributed by atoms with Crippen LogP contribution in [0.25, 0.3) is 0 Å². The summed E-state index contributed by atoms with van der Waals surface area (Å²) < 4.78 is 15.4. The molecule has 0 saturated heterocycles. The molecule has 0 atom stereocenters. The largest absolute Gasteiger partial charge is 0.325 e. The number of carbonyl (C=O) groups is 1. The number of rotatable bonds is 9. The lowest BCUT2D eigenvalue weighted by Crippen LogP contribution is -2.15. The number of aromatic nitrogens is 3. The van der Waals surface area contributed by atoms with E-state index in [1.807, 2.05) is 18.4 Å². The average Bonchev–Trinajstić information content (AvgIpc) is 3.12. The number of benzene rings is 2. The second-order valence-corrected chi connectivity index (χ2v) is 8.85. The third kappa shape index (κ3) is 6.09. The summed E-state index contributed by atoms with van der Waals surface area (Å²) in [5, 5.41) is 12.0. The number of hydrogen-bond donors (Lipinski definition) is 1. The number of anilines is 1. The van der Waals surface area contributed by atoms with E-state index in [1.54, 1.807) is 17.8 Å². The molecular formula is C22H25FN4OS2. The Morgan fingerprint density at radius 2 is 1.87 bits per heavy atom. The van der Waals surface area contributed by atoms with Gasteiger partial charge in [0.25, 0.3) is 0 Å². The summed E-state index contributed by atoms with van der Waals surface area (Å²) in [4.78, 5) is 12.3. The van der Waals surface area contributed by atoms with Crippen LogP contribution in [0, 0.1) is 19.7 Å². The molecule has 1 aromatic heterocycles. The van der Waals surface area contributed by atoms with Gasteiger partial charge in [0.1, 0.15) is 11.6 Å². The van der Waals surface area contributed by atoms with Crippen molar-refractivity contribution < 1.29 is 9.18 Å². The van der Waals surface area contributed by atoms with Crippen molar-refractivity contribution in [3.05, 3.63) is 70.8 Å². The van der Waals surface area contributed by atoms with Gasteiger partial charge >= 0.3 is 0 Å². The first kappa shape index (κ1) is 22.4. The quantitative estimate of drug-likeness (QED) is 0.459. The van der Waals surface area contributed by atoms with Crippen LogP contribution in [0.5, 0.6) is 0 Å². The van der Waals surface area contributed by atoms with Crippen molar-refractivity contribution in [3.63, 3.8) is 0 Å². The molecule has 0 spiro atoms. The van der Waals surface area contributed by atoms with E-state index >= 15 is 0 Å². The number of carbonyl (C=O) groups excluding carboxylic acids is 1. The van der Waals surface area contributed by atoms with Gasteiger partial charge in [-0.3, -0.25) is 4.79 Å². The van der Waals surface area contributed by atoms with E-state index < -0.39 is 0 Å². The van der Waals surface area contributed by atoms with Gasteiger partial charge in [-0.05, 0) is 44.0 Å². The first-order valence-corrected chi connectivity index (χ1v) is 11.8. The molecule has 8 heteroatoms. The Balaban J connectivity index is 1.53. The van der Waals surface area contributed by atoms with Crippen molar-refractivity contribution in [3.8, 4) is 0 Å². The van der Waals surface area contributed by atoms with Gasteiger partial charge < -0.3 is 9.88 Å². The molecule has 5 nitrogen and oxygen atoms in total. The molecule has 0 aliphatic heterocycles. The van der Waals surface area contributed by atoms with E-state index in [2.05, 4.69) is 46.7 Å². The molecule has 1 N–H and O–H groups in total. The molecule has 1 heterocycles. The number of hydrogen-bond acceptors (Lipinski definition) is 5. The maximum Gasteiger partial charge on any atom is 0.234 e. The summed E-state index contributed by atoms with van der Waals surface area (Å²) >= 11 is 3.13. The van der Waals surface area contributed by atoms with E-state index in [1.165, 1.54) is 35.0 Å². The summed E-state index contributed by atoms with van der Waals surface area (Å²) in [5.41, 5.74) is 3.85. The maximum absolute atomic E-state index is 13.4. The number of halogens is 1. The lowest BCUT2D eigenvalue weighted by atomic mass is 10.2. The molecule has 0 aliphatic rings. The minimum absolute atomic E-state index is 0.185. The Morgan fingerprint density at radius 3 is 2.60 bits per heavy atom. The van der Waals surface area contributed by atoms with E-state index in [9.17, 15) is 9.18 Å². The molecule has 0 saturated carbocycles. The minimum atomic E-state index is -0.373. The lowest BCUT2D eigenvalue weighted by Gasteiger charge is -2.09. The lowest BCUT2D eigenvalue weighted by molar-refractivity contribution is -0.113. The number of nitrogens with one attached hydrogen (secondary N) is 1. The fourth-order valence-corrected chi connectivity index (χ4v) is 4.59. The third-order valence-corrected chi connectivity index (χ3v) is 6.50. The predicted molar refractivity (Wildman–Crippen MR) is 122 cm³/mol. The Bertz CT molecular complexity index is 1000. The molecule has 3 aromatic rings. The number of nitrogens with zero attached hydrogens (tertiary/aromatic N) is 3. The zero-order valence-corrected chi connectivity index (χ0v) is 18.9. The smallest absolute Gasteiger partial charge is 0.234 e. The number of thioether (sulfide) groups is 2. The molecule has 0 unspecified atom stereocenters. The van der Waals surface area contributed by atoms with Gasteiger partial charge in [0.05, 0.1) is 11.5 Å². The van der Waals surface area contributed by atoms with Crippen LogP contribution in [0.1, 0.15) is 29.4 Å². The fraction of sp³-hybridized carbons (Fsp3) is 0.318. The molecule has 158 valence electrons. The van der Waals surface area contributed by atoms with E-state index in [4.69, 9.17) is 0 Å². The van der Waals surface area contributed by atoms with Crippen molar-refractivity contribution in [1.29, 1.82) is 0 Å². The van der Waals surface area contributed by atoms with Gasteiger partial charge in [0, 0.05) is 18.0 Å². The van der Waals surface area contributed by atoms with Crippen molar-refractivity contribution in [2.24, 2.45) is 0 Å². The molecule has 3 rings (SSSR count). The summed E-state index contributed by atoms with van der Waals surface area (Å²) in [7, 11) is 0. The van der Waals surface area contributed by atoms with Crippen LogP contribution in [-0.4, -0.2) is 26.4 Å². The van der Waals surface area contributed by atoms with E-state index in [-0.39, 0.29) is 17.5 Å². The highest BCUT2D eigenvalue weighted by Gasteiger charge is 2.14. The maximum atomic E-state index is 13.4. The first-order chi connectivity index (χ1) is 14.5. The van der Waals surface area contributed by atoms with Crippen molar-refractivity contribution in [2.75, 3.05) is 11.1 Å². The second-order valence-electron chi connectivity index (χ2n) is 6.92. The highest BCUT2D eigenvalue weighted by atomic mass is 32.2. The highest BCUT2D eigenvalue weighted by Crippen LogP contribution is 2.23. The topological polar surface area (TPSA) is 59.8 Å². The van der Waals surface area contributed by atoms with Gasteiger partial charge in [0.2, 0.25) is 5.91 Å². The van der Waals surface area contributed by atoms with E-state index in [0.29, 0.717) is 5.69 Å². The highest BCUT2D eigenvalue weighted by molar-refractivity contribution is 7.99. The zero-order chi connectivity index (χ0) is 21.5. The average molecular weight is 445 g/mol. The summed E-state index contributed by atoms with van der Waals surface area (Å²) in [6, 6.07) is 12.9. The zero-order valence-electron chi connectivity index (χ0n) is 17.3. The Labute approximate surface area is 184 Å². The SMILES string of the molecule is CCn1c(CSCc2ccc(C)cc2)nnc1SCC(=O)Nc1cc(F)ccc1C. The molecule has 0 bridgehead atoms. The third-order valence-electron chi connectivity index (χ3n) is 4.54. The van der Waals surface area contributed by atoms with Gasteiger partial charge in [-0.15, -0.1) is 22.0 Å². The van der Waals surface area contributed by atoms with Crippen molar-refractivity contribution >= 4 is 35.1 Å². The van der Waals surface area contributed by atoms with Crippen molar-refractivity contribution in [1.82, 2.24) is 14.8 Å². The Morgan fingerprint density at radius 1 is 1.10 bits per heavy atom. The predicted octanol–water partition coefficient (Wildman–Crippen LogP) is 5.22. The van der Waals surface area contributed by atoms with Gasteiger partial charge in [0.15, 0.2) is 5.16 Å². The second kappa shape index (κ2) is 10.6. The normalized spacial score (nSPS) is 10.9. The van der Waals surface area contributed by atoms with Gasteiger partial charge in [-0.1, -0.05) is 47.7 Å². The standard InChI is InChI=1S/C22H25FN4OS2/c1-4-27-20(13-29-12-17-8-5-15(2)6-9-17)25-26-22(27)30-14-21(28)24-19-11-18(23)10-7-16(19)3/h5-11H,4,12-14H2,1-3H3,(H,24,28). The first-order valence-electron chi connectivity index (χ1n) is 9.70. The van der Waals surface area contributed by atoms with Crippen LogP contribution in [-0.2, 0) is 22.8 Å². The molecule has 0 aliphatic carbocycles. The number of aryl methyl sites for hydroxylation is 2. The van der Waals surface area contributed by atoms with Crippen LogP contribution in [0.15, 0.2) is 47.6 Å². The molecular weight excluding hydrogens is 419 g/mol. The summed E-state index contributed by atoms with van der Waals surface area (Å²) in [5.74, 6) is 2.18. The van der Waals surface area contributed by atoms with Crippen LogP contribution >= 0.6 is 23.5 Å². The Hall–Kier alpha value is -2.32. The summed E-state index contributed by atoms with van der Waals surface area (Å²) in [6.07, 6.45) is 0. The van der Waals surface area contributed by atoms with E-state index in [0.717, 1.165) is 34.6 Å². The van der Waals surface area contributed by atoms with Crippen LogP contribution in [0.3, 0.4) is 0 Å². The van der Waals surface area contributed by atoms with Crippen LogP contribution in [0.4, 0.5) is 10.1 Å². The summed E-state index contributed by atoms with van der Waals surface area (Å²) in [6.45, 7) is 6.69. The molecule has 0 fully saturated rings. The van der Waals surface area contributed by atoms with Crippen molar-refractivity contribution in [2.45, 2.75) is 44.0 Å². The monoisotopic (exact) mass is 444 g/mol. The molecule has 30 heavy (non-hydrogen) atoms.